The van der Waals surface area contributed by atoms with Crippen LogP contribution in [0.25, 0.3) is 0 Å². The number of likely N-dealkylation sites (tertiary alicyclic amines) is 1. The van der Waals surface area contributed by atoms with Crippen LogP contribution in [0.1, 0.15) is 35.3 Å². The minimum atomic E-state index is -0.561. The summed E-state index contributed by atoms with van der Waals surface area (Å²) in [4.78, 5) is 16.9. The standard InChI is InChI=1S/C23H30ClN3O2/c1-17(28)14-25-23(29)19-8-10-21(11-9-19)26(2)22(18-6-4-3-5-7-18)16-27-13-12-20(24)15-27/h3-11,17,20,22,28H,12-16H2,1-2H3,(H,25,29)/t17-,20-,22+/m0/s1. The Morgan fingerprint density at radius 2 is 1.93 bits per heavy atom. The van der Waals surface area contributed by atoms with Crippen molar-refractivity contribution in [1.29, 1.82) is 0 Å². The van der Waals surface area contributed by atoms with Gasteiger partial charge in [0, 0.05) is 43.3 Å². The zero-order valence-corrected chi connectivity index (χ0v) is 17.8. The number of rotatable bonds is 8. The lowest BCUT2D eigenvalue weighted by Gasteiger charge is -2.33. The van der Waals surface area contributed by atoms with Gasteiger partial charge in [0.25, 0.3) is 5.91 Å². The summed E-state index contributed by atoms with van der Waals surface area (Å²) in [5.41, 5.74) is 2.89. The number of nitrogens with one attached hydrogen (secondary N) is 1. The zero-order valence-electron chi connectivity index (χ0n) is 17.1. The van der Waals surface area contributed by atoms with Crippen molar-refractivity contribution in [2.75, 3.05) is 38.1 Å². The van der Waals surface area contributed by atoms with Crippen LogP contribution in [0.4, 0.5) is 5.69 Å². The Bertz CT molecular complexity index is 782. The fraction of sp³-hybridized carbons (Fsp3) is 0.435. The molecule has 2 aromatic carbocycles. The van der Waals surface area contributed by atoms with Gasteiger partial charge in [0.05, 0.1) is 12.1 Å². The second-order valence-corrected chi connectivity index (χ2v) is 8.41. The van der Waals surface area contributed by atoms with Crippen molar-refractivity contribution in [2.24, 2.45) is 0 Å². The van der Waals surface area contributed by atoms with E-state index in [-0.39, 0.29) is 23.9 Å². The summed E-state index contributed by atoms with van der Waals surface area (Å²) in [7, 11) is 2.09. The van der Waals surface area contributed by atoms with Crippen LogP contribution in [-0.4, -0.2) is 60.6 Å². The number of alkyl halides is 1. The summed E-state index contributed by atoms with van der Waals surface area (Å²) in [6.45, 7) is 4.73. The van der Waals surface area contributed by atoms with Gasteiger partial charge in [-0.1, -0.05) is 30.3 Å². The molecule has 1 saturated heterocycles. The number of amides is 1. The van der Waals surface area contributed by atoms with Gasteiger partial charge < -0.3 is 15.3 Å². The molecule has 0 aliphatic carbocycles. The maximum Gasteiger partial charge on any atom is 0.251 e. The molecule has 2 aromatic rings. The van der Waals surface area contributed by atoms with Gasteiger partial charge in [0.2, 0.25) is 0 Å². The minimum Gasteiger partial charge on any atom is -0.392 e. The van der Waals surface area contributed by atoms with Crippen molar-refractivity contribution < 1.29 is 9.90 Å². The van der Waals surface area contributed by atoms with Gasteiger partial charge in [-0.15, -0.1) is 11.6 Å². The molecule has 3 rings (SSSR count). The van der Waals surface area contributed by atoms with Crippen molar-refractivity contribution in [3.63, 3.8) is 0 Å². The van der Waals surface area contributed by atoms with Gasteiger partial charge in [0.15, 0.2) is 0 Å². The number of hydrogen-bond acceptors (Lipinski definition) is 4. The number of halogens is 1. The molecule has 0 bridgehead atoms. The smallest absolute Gasteiger partial charge is 0.251 e. The third-order valence-corrected chi connectivity index (χ3v) is 5.75. The maximum absolute atomic E-state index is 12.2. The highest BCUT2D eigenvalue weighted by Crippen LogP contribution is 2.28. The number of carbonyl (C=O) groups is 1. The second-order valence-electron chi connectivity index (χ2n) is 7.79. The lowest BCUT2D eigenvalue weighted by atomic mass is 10.0. The third-order valence-electron chi connectivity index (χ3n) is 5.39. The normalized spacial score (nSPS) is 19.0. The number of aliphatic hydroxyl groups excluding tert-OH is 1. The van der Waals surface area contributed by atoms with Crippen LogP contribution >= 0.6 is 11.6 Å². The van der Waals surface area contributed by atoms with Crippen LogP contribution in [0.5, 0.6) is 0 Å². The monoisotopic (exact) mass is 415 g/mol. The van der Waals surface area contributed by atoms with Crippen molar-refractivity contribution in [1.82, 2.24) is 10.2 Å². The van der Waals surface area contributed by atoms with Crippen LogP contribution in [-0.2, 0) is 0 Å². The summed E-state index contributed by atoms with van der Waals surface area (Å²) < 4.78 is 0. The molecule has 1 heterocycles. The Kier molecular flexibility index (Phi) is 7.53. The van der Waals surface area contributed by atoms with E-state index in [1.807, 2.05) is 30.3 Å². The quantitative estimate of drug-likeness (QED) is 0.649. The summed E-state index contributed by atoms with van der Waals surface area (Å²) in [5.74, 6) is -0.176. The molecule has 6 heteroatoms. The van der Waals surface area contributed by atoms with E-state index >= 15 is 0 Å². The predicted octanol–water partition coefficient (Wildman–Crippen LogP) is 3.29. The largest absolute Gasteiger partial charge is 0.392 e. The van der Waals surface area contributed by atoms with Crippen molar-refractivity contribution in [3.8, 4) is 0 Å². The molecule has 1 amide bonds. The first-order valence-corrected chi connectivity index (χ1v) is 10.6. The molecule has 1 aliphatic rings. The Balaban J connectivity index is 1.74. The van der Waals surface area contributed by atoms with Crippen molar-refractivity contribution in [3.05, 3.63) is 65.7 Å². The zero-order chi connectivity index (χ0) is 20.8. The van der Waals surface area contributed by atoms with Gasteiger partial charge in [-0.25, -0.2) is 0 Å². The average Bonchev–Trinajstić information content (AvgIpc) is 3.15. The van der Waals surface area contributed by atoms with Gasteiger partial charge in [-0.05, 0) is 49.7 Å². The molecule has 2 N–H and O–H groups in total. The van der Waals surface area contributed by atoms with E-state index in [0.717, 1.165) is 31.7 Å². The van der Waals surface area contributed by atoms with Crippen LogP contribution < -0.4 is 10.2 Å². The number of hydrogen-bond donors (Lipinski definition) is 2. The molecule has 3 atom stereocenters. The Morgan fingerprint density at radius 1 is 1.24 bits per heavy atom. The van der Waals surface area contributed by atoms with E-state index in [0.29, 0.717) is 5.56 Å². The van der Waals surface area contributed by atoms with Crippen molar-refractivity contribution in [2.45, 2.75) is 30.9 Å². The van der Waals surface area contributed by atoms with Gasteiger partial charge in [-0.3, -0.25) is 9.69 Å². The molecular weight excluding hydrogens is 386 g/mol. The highest BCUT2D eigenvalue weighted by atomic mass is 35.5. The van der Waals surface area contributed by atoms with E-state index in [1.165, 1.54) is 5.56 Å². The highest BCUT2D eigenvalue weighted by Gasteiger charge is 2.26. The molecule has 1 aliphatic heterocycles. The summed E-state index contributed by atoms with van der Waals surface area (Å²) in [6, 6.07) is 18.3. The predicted molar refractivity (Wildman–Crippen MR) is 119 cm³/mol. The fourth-order valence-electron chi connectivity index (χ4n) is 3.69. The SMILES string of the molecule is C[C@H](O)CNC(=O)c1ccc(N(C)[C@H](CN2CC[C@H](Cl)C2)c2ccccc2)cc1. The van der Waals surface area contributed by atoms with E-state index in [9.17, 15) is 9.90 Å². The second kappa shape index (κ2) is 10.1. The molecule has 5 nitrogen and oxygen atoms in total. The molecule has 0 saturated carbocycles. The van der Waals surface area contributed by atoms with Gasteiger partial charge in [0.1, 0.15) is 0 Å². The number of anilines is 1. The molecule has 0 aromatic heterocycles. The van der Waals surface area contributed by atoms with Gasteiger partial charge >= 0.3 is 0 Å². The van der Waals surface area contributed by atoms with Crippen LogP contribution in [0.2, 0.25) is 0 Å². The minimum absolute atomic E-state index is 0.176. The van der Waals surface area contributed by atoms with Gasteiger partial charge in [-0.2, -0.15) is 0 Å². The Hall–Kier alpha value is -2.08. The van der Waals surface area contributed by atoms with E-state index in [2.05, 4.69) is 46.4 Å². The number of carbonyl (C=O) groups excluding carboxylic acids is 1. The molecule has 0 radical (unpaired) electrons. The third kappa shape index (κ3) is 5.95. The van der Waals surface area contributed by atoms with E-state index < -0.39 is 6.10 Å². The molecule has 0 spiro atoms. The van der Waals surface area contributed by atoms with E-state index in [1.54, 1.807) is 6.92 Å². The summed E-state index contributed by atoms with van der Waals surface area (Å²) >= 11 is 6.32. The van der Waals surface area contributed by atoms with Crippen molar-refractivity contribution >= 4 is 23.2 Å². The molecule has 156 valence electrons. The maximum atomic E-state index is 12.2. The average molecular weight is 416 g/mol. The first-order valence-electron chi connectivity index (χ1n) is 10.1. The Labute approximate surface area is 178 Å². The van der Waals surface area contributed by atoms with E-state index in [4.69, 9.17) is 11.6 Å². The molecule has 0 unspecified atom stereocenters. The summed E-state index contributed by atoms with van der Waals surface area (Å²) in [6.07, 6.45) is 0.470. The first-order chi connectivity index (χ1) is 13.9. The Morgan fingerprint density at radius 3 is 2.52 bits per heavy atom. The fourth-order valence-corrected chi connectivity index (χ4v) is 3.99. The lowest BCUT2D eigenvalue weighted by Crippen LogP contribution is -2.35. The van der Waals surface area contributed by atoms with Crippen LogP contribution in [0.3, 0.4) is 0 Å². The number of likely N-dealkylation sites (N-methyl/N-ethyl adjacent to an activating group) is 1. The number of aliphatic hydroxyl groups is 1. The first kappa shape index (κ1) is 21.6. The highest BCUT2D eigenvalue weighted by molar-refractivity contribution is 6.20. The van der Waals surface area contributed by atoms with Crippen LogP contribution in [0, 0.1) is 0 Å². The number of nitrogens with zero attached hydrogens (tertiary/aromatic N) is 2. The molecule has 29 heavy (non-hydrogen) atoms. The molecule has 1 fully saturated rings. The van der Waals surface area contributed by atoms with Crippen LogP contribution in [0.15, 0.2) is 54.6 Å². The lowest BCUT2D eigenvalue weighted by molar-refractivity contribution is 0.0924. The number of benzene rings is 2. The molecular formula is C23H30ClN3O2. The summed E-state index contributed by atoms with van der Waals surface area (Å²) in [5, 5.41) is 12.3. The topological polar surface area (TPSA) is 55.8 Å².